The number of thiophene rings is 1. The molecule has 0 saturated heterocycles. The maximum absolute atomic E-state index is 12.3. The Hall–Kier alpha value is -1.95. The van der Waals surface area contributed by atoms with Gasteiger partial charge in [-0.1, -0.05) is 0 Å². The van der Waals surface area contributed by atoms with E-state index in [1.807, 2.05) is 42.1 Å². The summed E-state index contributed by atoms with van der Waals surface area (Å²) in [6, 6.07) is 3.93. The first-order valence-electron chi connectivity index (χ1n) is 6.16. The smallest absolute Gasteiger partial charge is 0.268 e. The molecule has 0 aromatic carbocycles. The first-order chi connectivity index (χ1) is 9.20. The maximum Gasteiger partial charge on any atom is 0.268 e. The Balaban J connectivity index is 2.05. The van der Waals surface area contributed by atoms with Gasteiger partial charge < -0.3 is 9.13 Å². The summed E-state index contributed by atoms with van der Waals surface area (Å²) in [5, 5.41) is 11.2. The van der Waals surface area contributed by atoms with E-state index in [9.17, 15) is 4.79 Å². The number of hydrogen-bond donors (Lipinski definition) is 0. The van der Waals surface area contributed by atoms with Crippen LogP contribution in [0.1, 0.15) is 18.6 Å². The van der Waals surface area contributed by atoms with E-state index in [1.165, 1.54) is 11.3 Å². The molecule has 0 aliphatic carbocycles. The van der Waals surface area contributed by atoms with Crippen molar-refractivity contribution >= 4 is 21.4 Å². The fourth-order valence-corrected chi connectivity index (χ4v) is 3.06. The number of fused-ring (bicyclic) bond motifs is 1. The van der Waals surface area contributed by atoms with Gasteiger partial charge in [0.05, 0.1) is 11.2 Å². The Morgan fingerprint density at radius 3 is 2.95 bits per heavy atom. The fraction of sp³-hybridized carbons (Fsp3) is 0.308. The predicted molar refractivity (Wildman–Crippen MR) is 75.6 cm³/mol. The average Bonchev–Trinajstić information content (AvgIpc) is 3.00. The molecular formula is C13H14N4OS. The Labute approximate surface area is 114 Å². The maximum atomic E-state index is 12.3. The number of hydrogen-bond acceptors (Lipinski definition) is 4. The summed E-state index contributed by atoms with van der Waals surface area (Å²) in [5.41, 5.74) is 0.0378. The molecule has 0 aliphatic heterocycles. The minimum absolute atomic E-state index is 0.0378. The van der Waals surface area contributed by atoms with Crippen molar-refractivity contribution in [2.24, 2.45) is 0 Å². The van der Waals surface area contributed by atoms with Gasteiger partial charge in [0.1, 0.15) is 5.82 Å². The molecule has 0 fully saturated rings. The summed E-state index contributed by atoms with van der Waals surface area (Å²) in [6.07, 6.45) is 1.82. The predicted octanol–water partition coefficient (Wildman–Crippen LogP) is 2.03. The highest BCUT2D eigenvalue weighted by Crippen LogP contribution is 2.16. The van der Waals surface area contributed by atoms with E-state index < -0.39 is 0 Å². The minimum atomic E-state index is 0.0378. The molecule has 6 heteroatoms. The summed E-state index contributed by atoms with van der Waals surface area (Å²) < 4.78 is 4.50. The van der Waals surface area contributed by atoms with Crippen LogP contribution in [0.3, 0.4) is 0 Å². The molecule has 3 aromatic rings. The minimum Gasteiger partial charge on any atom is -0.314 e. The van der Waals surface area contributed by atoms with Crippen LogP contribution in [-0.4, -0.2) is 19.3 Å². The second kappa shape index (κ2) is 4.62. The molecule has 19 heavy (non-hydrogen) atoms. The molecule has 98 valence electrons. The van der Waals surface area contributed by atoms with Gasteiger partial charge in [0.2, 0.25) is 0 Å². The Morgan fingerprint density at radius 2 is 2.16 bits per heavy atom. The summed E-state index contributed by atoms with van der Waals surface area (Å²) in [5.74, 6) is 1.70. The molecule has 0 N–H and O–H groups in total. The van der Waals surface area contributed by atoms with Gasteiger partial charge in [-0.15, -0.1) is 21.5 Å². The average molecular weight is 274 g/mol. The van der Waals surface area contributed by atoms with Crippen LogP contribution in [0.15, 0.2) is 28.5 Å². The molecule has 0 spiro atoms. The SMILES string of the molecule is CCn1c(C)nnc1Cn1ccc2ccsc2c1=O. The van der Waals surface area contributed by atoms with Gasteiger partial charge in [0, 0.05) is 12.7 Å². The third kappa shape index (κ3) is 1.98. The van der Waals surface area contributed by atoms with Gasteiger partial charge in [0.25, 0.3) is 5.56 Å². The van der Waals surface area contributed by atoms with Crippen LogP contribution in [0.2, 0.25) is 0 Å². The van der Waals surface area contributed by atoms with Crippen molar-refractivity contribution in [3.05, 3.63) is 45.7 Å². The van der Waals surface area contributed by atoms with Crippen LogP contribution in [0.5, 0.6) is 0 Å². The first kappa shape index (κ1) is 12.1. The number of pyridine rings is 1. The summed E-state index contributed by atoms with van der Waals surface area (Å²) in [4.78, 5) is 12.3. The van der Waals surface area contributed by atoms with Crippen molar-refractivity contribution in [2.45, 2.75) is 26.9 Å². The number of aryl methyl sites for hydroxylation is 1. The Morgan fingerprint density at radius 1 is 1.32 bits per heavy atom. The van der Waals surface area contributed by atoms with E-state index >= 15 is 0 Å². The zero-order chi connectivity index (χ0) is 13.4. The van der Waals surface area contributed by atoms with Crippen LogP contribution >= 0.6 is 11.3 Å². The first-order valence-corrected chi connectivity index (χ1v) is 7.04. The zero-order valence-electron chi connectivity index (χ0n) is 10.8. The molecular weight excluding hydrogens is 260 g/mol. The van der Waals surface area contributed by atoms with Gasteiger partial charge >= 0.3 is 0 Å². The van der Waals surface area contributed by atoms with Crippen molar-refractivity contribution in [3.8, 4) is 0 Å². The molecule has 3 heterocycles. The fourth-order valence-electron chi connectivity index (χ4n) is 2.22. The molecule has 0 saturated carbocycles. The lowest BCUT2D eigenvalue weighted by molar-refractivity contribution is 0.632. The summed E-state index contributed by atoms with van der Waals surface area (Å²) in [6.45, 7) is 5.24. The third-order valence-electron chi connectivity index (χ3n) is 3.23. The molecule has 3 rings (SSSR count). The number of nitrogens with zero attached hydrogens (tertiary/aromatic N) is 4. The highest BCUT2D eigenvalue weighted by Gasteiger charge is 2.10. The van der Waals surface area contributed by atoms with Gasteiger partial charge in [-0.25, -0.2) is 0 Å². The van der Waals surface area contributed by atoms with E-state index in [2.05, 4.69) is 10.2 Å². The van der Waals surface area contributed by atoms with Gasteiger partial charge in [-0.05, 0) is 36.7 Å². The molecule has 0 aliphatic rings. The molecule has 3 aromatic heterocycles. The van der Waals surface area contributed by atoms with Gasteiger partial charge in [0.15, 0.2) is 5.82 Å². The van der Waals surface area contributed by atoms with Crippen LogP contribution < -0.4 is 5.56 Å². The molecule has 0 atom stereocenters. The lowest BCUT2D eigenvalue weighted by Crippen LogP contribution is -2.21. The third-order valence-corrected chi connectivity index (χ3v) is 4.14. The topological polar surface area (TPSA) is 52.7 Å². The number of rotatable bonds is 3. The number of aromatic nitrogens is 4. The second-order valence-electron chi connectivity index (χ2n) is 4.36. The van der Waals surface area contributed by atoms with E-state index in [0.29, 0.717) is 6.54 Å². The zero-order valence-corrected chi connectivity index (χ0v) is 11.6. The van der Waals surface area contributed by atoms with E-state index in [0.717, 1.165) is 28.3 Å². The van der Waals surface area contributed by atoms with Crippen molar-refractivity contribution in [1.82, 2.24) is 19.3 Å². The molecule has 0 radical (unpaired) electrons. The highest BCUT2D eigenvalue weighted by molar-refractivity contribution is 7.17. The second-order valence-corrected chi connectivity index (χ2v) is 5.28. The van der Waals surface area contributed by atoms with Crippen LogP contribution in [0.4, 0.5) is 0 Å². The van der Waals surface area contributed by atoms with Gasteiger partial charge in [-0.2, -0.15) is 0 Å². The largest absolute Gasteiger partial charge is 0.314 e. The van der Waals surface area contributed by atoms with Crippen molar-refractivity contribution in [1.29, 1.82) is 0 Å². The summed E-state index contributed by atoms with van der Waals surface area (Å²) in [7, 11) is 0. The monoisotopic (exact) mass is 274 g/mol. The standard InChI is InChI=1S/C13H14N4OS/c1-3-17-9(2)14-15-11(17)8-16-6-4-10-5-7-19-12(10)13(16)18/h4-7H,3,8H2,1-2H3. The quantitative estimate of drug-likeness (QED) is 0.734. The Kier molecular flexibility index (Phi) is 2.94. The van der Waals surface area contributed by atoms with E-state index in [-0.39, 0.29) is 5.56 Å². The summed E-state index contributed by atoms with van der Waals surface area (Å²) >= 11 is 1.48. The lowest BCUT2D eigenvalue weighted by Gasteiger charge is -2.07. The molecule has 0 bridgehead atoms. The highest BCUT2D eigenvalue weighted by atomic mass is 32.1. The van der Waals surface area contributed by atoms with Crippen LogP contribution in [0, 0.1) is 6.92 Å². The van der Waals surface area contributed by atoms with Gasteiger partial charge in [-0.3, -0.25) is 4.79 Å². The van der Waals surface area contributed by atoms with E-state index in [4.69, 9.17) is 0 Å². The molecule has 0 unspecified atom stereocenters. The Bertz CT molecular complexity index is 783. The van der Waals surface area contributed by atoms with E-state index in [1.54, 1.807) is 4.57 Å². The van der Waals surface area contributed by atoms with Crippen LogP contribution in [0.25, 0.3) is 10.1 Å². The van der Waals surface area contributed by atoms with Crippen molar-refractivity contribution < 1.29 is 0 Å². The molecule has 0 amide bonds. The van der Waals surface area contributed by atoms with Crippen LogP contribution in [-0.2, 0) is 13.1 Å². The van der Waals surface area contributed by atoms with Crippen molar-refractivity contribution in [3.63, 3.8) is 0 Å². The van der Waals surface area contributed by atoms with Crippen molar-refractivity contribution in [2.75, 3.05) is 0 Å². The normalized spacial score (nSPS) is 11.3. The lowest BCUT2D eigenvalue weighted by atomic mass is 10.3. The molecule has 5 nitrogen and oxygen atoms in total.